The van der Waals surface area contributed by atoms with E-state index in [1.165, 1.54) is 12.1 Å². The second-order valence-corrected chi connectivity index (χ2v) is 5.47. The van der Waals surface area contributed by atoms with Gasteiger partial charge in [0.1, 0.15) is 0 Å². The van der Waals surface area contributed by atoms with Crippen LogP contribution in [0.5, 0.6) is 0 Å². The third-order valence-corrected chi connectivity index (χ3v) is 4.17. The fraction of sp³-hybridized carbons (Fsp3) is 0.500. The van der Waals surface area contributed by atoms with Crippen LogP contribution in [0.15, 0.2) is 24.3 Å². The molecule has 0 spiro atoms. The summed E-state index contributed by atoms with van der Waals surface area (Å²) in [5.41, 5.74) is 0.603. The molecule has 1 aromatic rings. The van der Waals surface area contributed by atoms with Crippen LogP contribution in [0.4, 0.5) is 0 Å². The number of carboxylic acid groups (broad SMARTS) is 1. The standard InChI is InChI=1S/C16H22N2O3/c1-3-12(2)17-7-9-18(10-8-17)15(19)13-5-4-6-14(11-13)16(20)21/h4-6,11-12H,3,7-10H2,1-2H3,(H,20,21). The van der Waals surface area contributed by atoms with Crippen molar-refractivity contribution in [2.24, 2.45) is 0 Å². The van der Waals surface area contributed by atoms with E-state index in [1.54, 1.807) is 17.0 Å². The summed E-state index contributed by atoms with van der Waals surface area (Å²) >= 11 is 0. The van der Waals surface area contributed by atoms with Gasteiger partial charge >= 0.3 is 5.97 Å². The van der Waals surface area contributed by atoms with Crippen molar-refractivity contribution < 1.29 is 14.7 Å². The first-order chi connectivity index (χ1) is 10.0. The first kappa shape index (κ1) is 15.5. The summed E-state index contributed by atoms with van der Waals surface area (Å²) in [6, 6.07) is 6.78. The third kappa shape index (κ3) is 3.61. The van der Waals surface area contributed by atoms with E-state index in [2.05, 4.69) is 18.7 Å². The zero-order valence-corrected chi connectivity index (χ0v) is 12.6. The highest BCUT2D eigenvalue weighted by Gasteiger charge is 2.24. The van der Waals surface area contributed by atoms with E-state index in [-0.39, 0.29) is 11.5 Å². The molecule has 0 aromatic heterocycles. The second-order valence-electron chi connectivity index (χ2n) is 5.47. The number of amides is 1. The van der Waals surface area contributed by atoms with E-state index < -0.39 is 5.97 Å². The summed E-state index contributed by atoms with van der Waals surface area (Å²) in [5.74, 6) is -1.09. The van der Waals surface area contributed by atoms with E-state index in [1.807, 2.05) is 0 Å². The maximum Gasteiger partial charge on any atom is 0.335 e. The van der Waals surface area contributed by atoms with Crippen LogP contribution in [0.25, 0.3) is 0 Å². The van der Waals surface area contributed by atoms with Gasteiger partial charge in [-0.15, -0.1) is 0 Å². The van der Waals surface area contributed by atoms with Crippen molar-refractivity contribution in [3.63, 3.8) is 0 Å². The van der Waals surface area contributed by atoms with Crippen molar-refractivity contribution in [1.29, 1.82) is 0 Å². The molecule has 1 heterocycles. The molecule has 1 unspecified atom stereocenters. The molecule has 1 saturated heterocycles. The van der Waals surface area contributed by atoms with Gasteiger partial charge in [-0.2, -0.15) is 0 Å². The van der Waals surface area contributed by atoms with Gasteiger partial charge in [0.2, 0.25) is 0 Å². The molecule has 21 heavy (non-hydrogen) atoms. The lowest BCUT2D eigenvalue weighted by molar-refractivity contribution is 0.0579. The van der Waals surface area contributed by atoms with Gasteiger partial charge in [-0.25, -0.2) is 4.79 Å². The summed E-state index contributed by atoms with van der Waals surface area (Å²) in [6.07, 6.45) is 1.11. The number of nitrogens with zero attached hydrogens (tertiary/aromatic N) is 2. The maximum atomic E-state index is 12.4. The Labute approximate surface area is 125 Å². The van der Waals surface area contributed by atoms with Crippen LogP contribution in [0.1, 0.15) is 41.0 Å². The number of benzene rings is 1. The van der Waals surface area contributed by atoms with Crippen LogP contribution < -0.4 is 0 Å². The third-order valence-electron chi connectivity index (χ3n) is 4.17. The van der Waals surface area contributed by atoms with Crippen molar-refractivity contribution in [2.45, 2.75) is 26.3 Å². The zero-order chi connectivity index (χ0) is 15.4. The average molecular weight is 290 g/mol. The molecule has 1 aromatic carbocycles. The molecule has 1 aliphatic rings. The SMILES string of the molecule is CCC(C)N1CCN(C(=O)c2cccc(C(=O)O)c2)CC1. The summed E-state index contributed by atoms with van der Waals surface area (Å²) in [5, 5.41) is 8.99. The Morgan fingerprint density at radius 3 is 2.38 bits per heavy atom. The summed E-state index contributed by atoms with van der Waals surface area (Å²) in [4.78, 5) is 27.6. The van der Waals surface area contributed by atoms with Crippen LogP contribution in [0.3, 0.4) is 0 Å². The van der Waals surface area contributed by atoms with Crippen molar-refractivity contribution in [3.05, 3.63) is 35.4 Å². The number of hydrogen-bond donors (Lipinski definition) is 1. The second kappa shape index (κ2) is 6.72. The molecule has 1 aliphatic heterocycles. The summed E-state index contributed by atoms with van der Waals surface area (Å²) in [6.45, 7) is 7.51. The van der Waals surface area contributed by atoms with Crippen molar-refractivity contribution in [3.8, 4) is 0 Å². The Morgan fingerprint density at radius 2 is 1.81 bits per heavy atom. The molecule has 2 rings (SSSR count). The number of carbonyl (C=O) groups excluding carboxylic acids is 1. The van der Waals surface area contributed by atoms with Gasteiger partial charge in [0.05, 0.1) is 5.56 Å². The Morgan fingerprint density at radius 1 is 1.19 bits per heavy atom. The average Bonchev–Trinajstić information content (AvgIpc) is 2.53. The molecule has 114 valence electrons. The molecule has 0 aliphatic carbocycles. The monoisotopic (exact) mass is 290 g/mol. The van der Waals surface area contributed by atoms with Crippen LogP contribution in [0, 0.1) is 0 Å². The summed E-state index contributed by atoms with van der Waals surface area (Å²) in [7, 11) is 0. The van der Waals surface area contributed by atoms with Gasteiger partial charge in [0.25, 0.3) is 5.91 Å². The number of carboxylic acids is 1. The normalized spacial score (nSPS) is 17.5. The fourth-order valence-corrected chi connectivity index (χ4v) is 2.59. The molecule has 0 bridgehead atoms. The maximum absolute atomic E-state index is 12.4. The van der Waals surface area contributed by atoms with Crippen LogP contribution in [-0.4, -0.2) is 59.0 Å². The quantitative estimate of drug-likeness (QED) is 0.920. The van der Waals surface area contributed by atoms with E-state index in [0.717, 1.165) is 19.5 Å². The molecule has 1 fully saturated rings. The van der Waals surface area contributed by atoms with Gasteiger partial charge in [-0.3, -0.25) is 9.69 Å². The van der Waals surface area contributed by atoms with Gasteiger partial charge in [-0.05, 0) is 31.5 Å². The summed E-state index contributed by atoms with van der Waals surface area (Å²) < 4.78 is 0. The molecule has 5 nitrogen and oxygen atoms in total. The van der Waals surface area contributed by atoms with E-state index in [0.29, 0.717) is 24.7 Å². The van der Waals surface area contributed by atoms with Gasteiger partial charge in [0, 0.05) is 37.8 Å². The lowest BCUT2D eigenvalue weighted by Gasteiger charge is -2.37. The van der Waals surface area contributed by atoms with Crippen molar-refractivity contribution >= 4 is 11.9 Å². The van der Waals surface area contributed by atoms with Crippen LogP contribution in [0.2, 0.25) is 0 Å². The van der Waals surface area contributed by atoms with Crippen molar-refractivity contribution in [1.82, 2.24) is 9.80 Å². The Bertz CT molecular complexity index is 522. The first-order valence-corrected chi connectivity index (χ1v) is 7.39. The Balaban J connectivity index is 2.02. The largest absolute Gasteiger partial charge is 0.478 e. The molecule has 5 heteroatoms. The number of hydrogen-bond acceptors (Lipinski definition) is 3. The van der Waals surface area contributed by atoms with Crippen molar-refractivity contribution in [2.75, 3.05) is 26.2 Å². The molecule has 1 N–H and O–H groups in total. The number of piperazine rings is 1. The molecule has 1 amide bonds. The molecular formula is C16H22N2O3. The van der Waals surface area contributed by atoms with E-state index >= 15 is 0 Å². The molecular weight excluding hydrogens is 268 g/mol. The predicted octanol–water partition coefficient (Wildman–Crippen LogP) is 1.94. The van der Waals surface area contributed by atoms with Gasteiger partial charge in [0.15, 0.2) is 0 Å². The highest BCUT2D eigenvalue weighted by Crippen LogP contribution is 2.13. The van der Waals surface area contributed by atoms with Crippen LogP contribution in [-0.2, 0) is 0 Å². The lowest BCUT2D eigenvalue weighted by atomic mass is 10.1. The highest BCUT2D eigenvalue weighted by molar-refractivity contribution is 5.97. The first-order valence-electron chi connectivity index (χ1n) is 7.39. The van der Waals surface area contributed by atoms with E-state index in [9.17, 15) is 9.59 Å². The Hall–Kier alpha value is -1.88. The minimum Gasteiger partial charge on any atom is -0.478 e. The van der Waals surface area contributed by atoms with E-state index in [4.69, 9.17) is 5.11 Å². The number of carbonyl (C=O) groups is 2. The topological polar surface area (TPSA) is 60.9 Å². The van der Waals surface area contributed by atoms with Crippen LogP contribution >= 0.6 is 0 Å². The minimum atomic E-state index is -1.01. The number of rotatable bonds is 4. The molecule has 0 radical (unpaired) electrons. The number of aromatic carboxylic acids is 1. The van der Waals surface area contributed by atoms with Gasteiger partial charge < -0.3 is 10.0 Å². The molecule has 1 atom stereocenters. The minimum absolute atomic E-state index is 0.0816. The fourth-order valence-electron chi connectivity index (χ4n) is 2.59. The zero-order valence-electron chi connectivity index (χ0n) is 12.6. The Kier molecular flexibility index (Phi) is 4.96. The highest BCUT2D eigenvalue weighted by atomic mass is 16.4. The lowest BCUT2D eigenvalue weighted by Crippen LogP contribution is -2.51. The predicted molar refractivity (Wildman–Crippen MR) is 80.6 cm³/mol. The van der Waals surface area contributed by atoms with Gasteiger partial charge in [-0.1, -0.05) is 13.0 Å². The smallest absolute Gasteiger partial charge is 0.335 e. The molecule has 0 saturated carbocycles.